The highest BCUT2D eigenvalue weighted by molar-refractivity contribution is 5.82. The largest absolute Gasteiger partial charge is 0.460 e. The van der Waals surface area contributed by atoms with E-state index in [0.717, 1.165) is 51.1 Å². The van der Waals surface area contributed by atoms with E-state index in [4.69, 9.17) is 4.74 Å². The van der Waals surface area contributed by atoms with Gasteiger partial charge in [0.1, 0.15) is 12.1 Å². The minimum atomic E-state index is -0.0401. The Balaban J connectivity index is 1.49. The maximum Gasteiger partial charge on any atom is 0.316 e. The van der Waals surface area contributed by atoms with Crippen molar-refractivity contribution in [3.05, 3.63) is 18.0 Å². The summed E-state index contributed by atoms with van der Waals surface area (Å²) in [5.74, 6) is 0.227. The van der Waals surface area contributed by atoms with Gasteiger partial charge in [-0.25, -0.2) is 9.97 Å². The Morgan fingerprint density at radius 1 is 1.26 bits per heavy atom. The zero-order valence-electron chi connectivity index (χ0n) is 13.9. The molecule has 126 valence electrons. The number of carbonyl (C=O) groups excluding carboxylic acids is 1. The minimum Gasteiger partial charge on any atom is -0.460 e. The molecule has 2 aliphatic heterocycles. The van der Waals surface area contributed by atoms with Crippen LogP contribution in [0.3, 0.4) is 0 Å². The molecule has 0 aromatic carbocycles. The molecule has 1 atom stereocenters. The highest BCUT2D eigenvalue weighted by atomic mass is 16.5. The Morgan fingerprint density at radius 3 is 2.61 bits per heavy atom. The number of nitrogens with zero attached hydrogens (tertiary/aromatic N) is 4. The molecule has 0 saturated carbocycles. The standard InChI is InChI=1S/C16H25N5O2/c1-12-9-18-16(19-10-12)23-13-3-6-21(7-4-13)15(22)14-11-17-5-8-20(14)2/h9-10,13-14,17H,3-8,11H2,1-2H3. The summed E-state index contributed by atoms with van der Waals surface area (Å²) in [4.78, 5) is 25.1. The van der Waals surface area contributed by atoms with E-state index in [0.29, 0.717) is 6.01 Å². The molecule has 3 rings (SSSR count). The average molecular weight is 319 g/mol. The second-order valence-electron chi connectivity index (χ2n) is 6.39. The number of likely N-dealkylation sites (tertiary alicyclic amines) is 1. The van der Waals surface area contributed by atoms with E-state index in [1.807, 2.05) is 18.9 Å². The summed E-state index contributed by atoms with van der Waals surface area (Å²) in [6, 6.07) is 0.387. The molecule has 2 saturated heterocycles. The van der Waals surface area contributed by atoms with Crippen LogP contribution in [0.25, 0.3) is 0 Å². The van der Waals surface area contributed by atoms with Gasteiger partial charge in [0.15, 0.2) is 0 Å². The summed E-state index contributed by atoms with van der Waals surface area (Å²) in [5, 5.41) is 3.30. The van der Waals surface area contributed by atoms with Gasteiger partial charge in [0.2, 0.25) is 5.91 Å². The van der Waals surface area contributed by atoms with E-state index in [2.05, 4.69) is 20.2 Å². The minimum absolute atomic E-state index is 0.0401. The highest BCUT2D eigenvalue weighted by Gasteiger charge is 2.32. The van der Waals surface area contributed by atoms with Gasteiger partial charge in [-0.3, -0.25) is 9.69 Å². The van der Waals surface area contributed by atoms with Gasteiger partial charge in [0, 0.05) is 58.0 Å². The molecule has 23 heavy (non-hydrogen) atoms. The second-order valence-corrected chi connectivity index (χ2v) is 6.39. The predicted octanol–water partition coefficient (Wildman–Crippen LogP) is 0.0584. The van der Waals surface area contributed by atoms with Gasteiger partial charge >= 0.3 is 6.01 Å². The Hall–Kier alpha value is -1.73. The second kappa shape index (κ2) is 7.23. The lowest BCUT2D eigenvalue weighted by Crippen LogP contribution is -2.58. The van der Waals surface area contributed by atoms with Crippen LogP contribution in [0.15, 0.2) is 12.4 Å². The quantitative estimate of drug-likeness (QED) is 0.849. The van der Waals surface area contributed by atoms with E-state index < -0.39 is 0 Å². The van der Waals surface area contributed by atoms with Crippen LogP contribution in [0.1, 0.15) is 18.4 Å². The first-order valence-corrected chi connectivity index (χ1v) is 8.28. The summed E-state index contributed by atoms with van der Waals surface area (Å²) >= 11 is 0. The topological polar surface area (TPSA) is 70.6 Å². The molecule has 0 spiro atoms. The van der Waals surface area contributed by atoms with E-state index in [1.165, 1.54) is 0 Å². The fourth-order valence-electron chi connectivity index (χ4n) is 3.08. The van der Waals surface area contributed by atoms with Crippen molar-refractivity contribution in [1.29, 1.82) is 0 Å². The number of rotatable bonds is 3. The maximum absolute atomic E-state index is 12.6. The Kier molecular flexibility index (Phi) is 5.07. The number of nitrogens with one attached hydrogen (secondary N) is 1. The Labute approximate surface area is 137 Å². The van der Waals surface area contributed by atoms with Gasteiger partial charge in [-0.2, -0.15) is 0 Å². The van der Waals surface area contributed by atoms with Crippen molar-refractivity contribution in [1.82, 2.24) is 25.1 Å². The van der Waals surface area contributed by atoms with E-state index in [-0.39, 0.29) is 18.1 Å². The van der Waals surface area contributed by atoms with Crippen LogP contribution in [0.2, 0.25) is 0 Å². The molecular weight excluding hydrogens is 294 g/mol. The third kappa shape index (κ3) is 3.97. The first-order chi connectivity index (χ1) is 11.1. The van der Waals surface area contributed by atoms with Crippen LogP contribution < -0.4 is 10.1 Å². The number of likely N-dealkylation sites (N-methyl/N-ethyl adjacent to an activating group) is 1. The van der Waals surface area contributed by atoms with Gasteiger partial charge in [-0.1, -0.05) is 0 Å². The molecule has 7 heteroatoms. The van der Waals surface area contributed by atoms with Crippen molar-refractivity contribution in [2.24, 2.45) is 0 Å². The fourth-order valence-corrected chi connectivity index (χ4v) is 3.08. The number of amides is 1. The van der Waals surface area contributed by atoms with Gasteiger partial charge in [0.05, 0.1) is 0 Å². The van der Waals surface area contributed by atoms with Gasteiger partial charge in [-0.05, 0) is 19.5 Å². The number of hydrogen-bond donors (Lipinski definition) is 1. The number of piperazine rings is 1. The molecule has 7 nitrogen and oxygen atoms in total. The van der Waals surface area contributed by atoms with E-state index >= 15 is 0 Å². The first-order valence-electron chi connectivity index (χ1n) is 8.28. The van der Waals surface area contributed by atoms with Gasteiger partial charge in [-0.15, -0.1) is 0 Å². The predicted molar refractivity (Wildman–Crippen MR) is 86.3 cm³/mol. The maximum atomic E-state index is 12.6. The summed E-state index contributed by atoms with van der Waals surface area (Å²) in [6.07, 6.45) is 5.25. The molecule has 0 radical (unpaired) electrons. The monoisotopic (exact) mass is 319 g/mol. The molecule has 1 N–H and O–H groups in total. The molecule has 1 unspecified atom stereocenters. The molecular formula is C16H25N5O2. The lowest BCUT2D eigenvalue weighted by Gasteiger charge is -2.38. The van der Waals surface area contributed by atoms with Crippen LogP contribution in [-0.4, -0.2) is 77.6 Å². The molecule has 2 aliphatic rings. The van der Waals surface area contributed by atoms with E-state index in [1.54, 1.807) is 12.4 Å². The van der Waals surface area contributed by atoms with Crippen molar-refractivity contribution >= 4 is 5.91 Å². The number of ether oxygens (including phenoxy) is 1. The zero-order chi connectivity index (χ0) is 16.2. The lowest BCUT2D eigenvalue weighted by atomic mass is 10.1. The average Bonchev–Trinajstić information content (AvgIpc) is 2.57. The third-order valence-electron chi connectivity index (χ3n) is 4.58. The van der Waals surface area contributed by atoms with Crippen molar-refractivity contribution < 1.29 is 9.53 Å². The number of aromatic nitrogens is 2. The molecule has 1 aromatic rings. The van der Waals surface area contributed by atoms with Crippen molar-refractivity contribution in [3.63, 3.8) is 0 Å². The normalized spacial score (nSPS) is 23.7. The Morgan fingerprint density at radius 2 is 1.96 bits per heavy atom. The number of aryl methyl sites for hydroxylation is 1. The molecule has 2 fully saturated rings. The van der Waals surface area contributed by atoms with Crippen molar-refractivity contribution in [2.75, 3.05) is 39.8 Å². The fraction of sp³-hybridized carbons (Fsp3) is 0.688. The number of hydrogen-bond acceptors (Lipinski definition) is 6. The molecule has 0 bridgehead atoms. The third-order valence-corrected chi connectivity index (χ3v) is 4.58. The molecule has 0 aliphatic carbocycles. The first kappa shape index (κ1) is 16.1. The summed E-state index contributed by atoms with van der Waals surface area (Å²) in [6.45, 7) is 6.03. The number of carbonyl (C=O) groups is 1. The summed E-state index contributed by atoms with van der Waals surface area (Å²) in [7, 11) is 2.02. The molecule has 1 amide bonds. The Bertz CT molecular complexity index is 528. The molecule has 3 heterocycles. The van der Waals surface area contributed by atoms with Gasteiger partial charge < -0.3 is 15.0 Å². The zero-order valence-corrected chi connectivity index (χ0v) is 13.9. The molecule has 1 aromatic heterocycles. The number of piperidine rings is 1. The van der Waals surface area contributed by atoms with Crippen molar-refractivity contribution in [2.45, 2.75) is 31.9 Å². The van der Waals surface area contributed by atoms with Crippen LogP contribution in [0.4, 0.5) is 0 Å². The SMILES string of the molecule is Cc1cnc(OC2CCN(C(=O)C3CNCCN3C)CC2)nc1. The van der Waals surface area contributed by atoms with Crippen LogP contribution >= 0.6 is 0 Å². The summed E-state index contributed by atoms with van der Waals surface area (Å²) in [5.41, 5.74) is 1.02. The van der Waals surface area contributed by atoms with Crippen LogP contribution in [-0.2, 0) is 4.79 Å². The van der Waals surface area contributed by atoms with Crippen molar-refractivity contribution in [3.8, 4) is 6.01 Å². The smallest absolute Gasteiger partial charge is 0.316 e. The van der Waals surface area contributed by atoms with Crippen LogP contribution in [0, 0.1) is 6.92 Å². The van der Waals surface area contributed by atoms with Gasteiger partial charge in [0.25, 0.3) is 0 Å². The van der Waals surface area contributed by atoms with Crippen LogP contribution in [0.5, 0.6) is 6.01 Å². The van der Waals surface area contributed by atoms with E-state index in [9.17, 15) is 4.79 Å². The summed E-state index contributed by atoms with van der Waals surface area (Å²) < 4.78 is 5.82. The highest BCUT2D eigenvalue weighted by Crippen LogP contribution is 2.17. The lowest BCUT2D eigenvalue weighted by molar-refractivity contribution is -0.138.